The van der Waals surface area contributed by atoms with Crippen molar-refractivity contribution >= 4 is 55.3 Å². The Labute approximate surface area is 193 Å². The van der Waals surface area contributed by atoms with Crippen LogP contribution in [0.3, 0.4) is 0 Å². The molecule has 31 heavy (non-hydrogen) atoms. The summed E-state index contributed by atoms with van der Waals surface area (Å²) in [5, 5.41) is 6.98. The van der Waals surface area contributed by atoms with Crippen LogP contribution < -0.4 is 10.6 Å². The molecule has 0 aliphatic carbocycles. The maximum absolute atomic E-state index is 12.9. The number of thiocarbonyl (C=S) groups is 1. The van der Waals surface area contributed by atoms with Crippen LogP contribution in [0.5, 0.6) is 0 Å². The van der Waals surface area contributed by atoms with E-state index in [9.17, 15) is 13.2 Å². The van der Waals surface area contributed by atoms with Crippen molar-refractivity contribution in [3.63, 3.8) is 0 Å². The van der Waals surface area contributed by atoms with Crippen molar-refractivity contribution in [1.29, 1.82) is 0 Å². The average molecular weight is 484 g/mol. The van der Waals surface area contributed by atoms with Gasteiger partial charge in [0, 0.05) is 23.7 Å². The first-order valence-electron chi connectivity index (χ1n) is 10.0. The van der Waals surface area contributed by atoms with E-state index in [0.717, 1.165) is 16.0 Å². The first-order valence-corrected chi connectivity index (χ1v) is 12.7. The molecule has 2 aromatic rings. The molecule has 0 saturated heterocycles. The number of hydrogen-bond donors (Lipinski definition) is 2. The summed E-state index contributed by atoms with van der Waals surface area (Å²) in [5.41, 5.74) is 2.72. The molecule has 1 aromatic carbocycles. The Kier molecular flexibility index (Phi) is 8.58. The van der Waals surface area contributed by atoms with Crippen molar-refractivity contribution < 1.29 is 17.9 Å². The lowest BCUT2D eigenvalue weighted by Crippen LogP contribution is -2.30. The number of anilines is 2. The van der Waals surface area contributed by atoms with Crippen LogP contribution >= 0.6 is 23.6 Å². The van der Waals surface area contributed by atoms with Crippen LogP contribution in [0.4, 0.5) is 10.7 Å². The van der Waals surface area contributed by atoms with E-state index in [2.05, 4.69) is 10.6 Å². The average Bonchev–Trinajstić information content (AvgIpc) is 2.97. The Balaban J connectivity index is 2.30. The minimum Gasteiger partial charge on any atom is -0.462 e. The molecule has 0 bridgehead atoms. The summed E-state index contributed by atoms with van der Waals surface area (Å²) in [4.78, 5) is 13.6. The number of hydrogen-bond acceptors (Lipinski definition) is 6. The van der Waals surface area contributed by atoms with Crippen molar-refractivity contribution in [2.24, 2.45) is 0 Å². The van der Waals surface area contributed by atoms with Gasteiger partial charge in [-0.25, -0.2) is 13.2 Å². The topological polar surface area (TPSA) is 87.7 Å². The van der Waals surface area contributed by atoms with E-state index in [-0.39, 0.29) is 16.6 Å². The van der Waals surface area contributed by atoms with Gasteiger partial charge >= 0.3 is 5.97 Å². The highest BCUT2D eigenvalue weighted by molar-refractivity contribution is 7.89. The Morgan fingerprint density at radius 1 is 1.13 bits per heavy atom. The van der Waals surface area contributed by atoms with E-state index in [1.54, 1.807) is 39.0 Å². The van der Waals surface area contributed by atoms with E-state index in [1.807, 2.05) is 20.8 Å². The number of carbonyl (C=O) groups is 1. The second-order valence-electron chi connectivity index (χ2n) is 6.85. The molecule has 1 aromatic heterocycles. The molecule has 7 nitrogen and oxygen atoms in total. The molecule has 0 aliphatic heterocycles. The number of esters is 1. The lowest BCUT2D eigenvalue weighted by molar-refractivity contribution is 0.0527. The second-order valence-corrected chi connectivity index (χ2v) is 10.4. The van der Waals surface area contributed by atoms with Crippen LogP contribution in [0.25, 0.3) is 0 Å². The van der Waals surface area contributed by atoms with Crippen molar-refractivity contribution in [2.45, 2.75) is 46.4 Å². The smallest absolute Gasteiger partial charge is 0.341 e. The molecule has 170 valence electrons. The first kappa shape index (κ1) is 25.3. The third-order valence-corrected chi connectivity index (χ3v) is 8.27. The molecule has 0 saturated carbocycles. The first-order chi connectivity index (χ1) is 14.6. The van der Waals surface area contributed by atoms with Gasteiger partial charge in [-0.1, -0.05) is 19.9 Å². The van der Waals surface area contributed by atoms with Crippen LogP contribution in [-0.2, 0) is 14.8 Å². The van der Waals surface area contributed by atoms with Gasteiger partial charge in [0.25, 0.3) is 0 Å². The summed E-state index contributed by atoms with van der Waals surface area (Å²) >= 11 is 6.86. The zero-order valence-electron chi connectivity index (χ0n) is 18.7. The molecular formula is C21H29N3O4S3. The summed E-state index contributed by atoms with van der Waals surface area (Å²) in [6, 6.07) is 4.91. The number of carbonyl (C=O) groups excluding carboxylic acids is 1. The van der Waals surface area contributed by atoms with Gasteiger partial charge < -0.3 is 15.4 Å². The monoisotopic (exact) mass is 483 g/mol. The largest absolute Gasteiger partial charge is 0.462 e. The molecule has 0 spiro atoms. The van der Waals surface area contributed by atoms with Gasteiger partial charge in [0.1, 0.15) is 5.00 Å². The highest BCUT2D eigenvalue weighted by Gasteiger charge is 2.23. The molecule has 0 fully saturated rings. The van der Waals surface area contributed by atoms with E-state index >= 15 is 0 Å². The molecule has 0 unspecified atom stereocenters. The number of nitrogens with one attached hydrogen (secondary N) is 2. The fourth-order valence-electron chi connectivity index (χ4n) is 3.03. The summed E-state index contributed by atoms with van der Waals surface area (Å²) in [6.45, 7) is 12.1. The van der Waals surface area contributed by atoms with Crippen LogP contribution in [-0.4, -0.2) is 43.5 Å². The highest BCUT2D eigenvalue weighted by Crippen LogP contribution is 2.33. The summed E-state index contributed by atoms with van der Waals surface area (Å²) in [7, 11) is -3.59. The zero-order valence-corrected chi connectivity index (χ0v) is 21.1. The van der Waals surface area contributed by atoms with Gasteiger partial charge in [-0.2, -0.15) is 4.31 Å². The van der Waals surface area contributed by atoms with E-state index in [1.165, 1.54) is 15.6 Å². The van der Waals surface area contributed by atoms with Crippen molar-refractivity contribution in [1.82, 2.24) is 4.31 Å². The minimum absolute atomic E-state index is 0.196. The molecule has 1 heterocycles. The van der Waals surface area contributed by atoms with Crippen LogP contribution in [0.1, 0.15) is 47.1 Å². The normalized spacial score (nSPS) is 11.5. The molecule has 10 heteroatoms. The summed E-state index contributed by atoms with van der Waals surface area (Å²) in [6.07, 6.45) is 0. The maximum Gasteiger partial charge on any atom is 0.341 e. The van der Waals surface area contributed by atoms with E-state index in [0.29, 0.717) is 29.3 Å². The summed E-state index contributed by atoms with van der Waals surface area (Å²) < 4.78 is 32.3. The lowest BCUT2D eigenvalue weighted by Gasteiger charge is -2.20. The van der Waals surface area contributed by atoms with Gasteiger partial charge in [0.2, 0.25) is 10.0 Å². The highest BCUT2D eigenvalue weighted by atomic mass is 32.2. The molecule has 2 rings (SSSR count). The van der Waals surface area contributed by atoms with Gasteiger partial charge in [-0.3, -0.25) is 0 Å². The Hall–Kier alpha value is -2.01. The predicted octanol–water partition coefficient (Wildman–Crippen LogP) is 4.69. The van der Waals surface area contributed by atoms with Crippen molar-refractivity contribution in [3.05, 3.63) is 39.8 Å². The Morgan fingerprint density at radius 3 is 2.35 bits per heavy atom. The van der Waals surface area contributed by atoms with Crippen LogP contribution in [0, 0.1) is 20.8 Å². The Morgan fingerprint density at radius 2 is 1.77 bits per heavy atom. The maximum atomic E-state index is 12.9. The standard InChI is InChI=1S/C21H29N3O4S3/c1-7-24(8-2)31(26,27)16-11-10-13(4)17(12-16)22-21(29)23-19-18(20(25)28-9-3)14(5)15(6)30-19/h10-12H,7-9H2,1-6H3,(H2,22,23,29). The van der Waals surface area contributed by atoms with Gasteiger partial charge in [0.05, 0.1) is 17.1 Å². The van der Waals surface area contributed by atoms with Gasteiger partial charge in [-0.05, 0) is 63.2 Å². The minimum atomic E-state index is -3.59. The molecule has 0 amide bonds. The number of benzene rings is 1. The molecule has 0 radical (unpaired) electrons. The third kappa shape index (κ3) is 5.62. The van der Waals surface area contributed by atoms with Crippen LogP contribution in [0.2, 0.25) is 0 Å². The molecule has 2 N–H and O–H groups in total. The predicted molar refractivity (Wildman–Crippen MR) is 131 cm³/mol. The quantitative estimate of drug-likeness (QED) is 0.416. The van der Waals surface area contributed by atoms with Crippen molar-refractivity contribution in [2.75, 3.05) is 30.3 Å². The molecule has 0 atom stereocenters. The number of aryl methyl sites for hydroxylation is 2. The zero-order chi connectivity index (χ0) is 23.3. The molecular weight excluding hydrogens is 454 g/mol. The van der Waals surface area contributed by atoms with Gasteiger partial charge in [0.15, 0.2) is 5.11 Å². The fraction of sp³-hybridized carbons (Fsp3) is 0.429. The number of nitrogens with zero attached hydrogens (tertiary/aromatic N) is 1. The number of ether oxygens (including phenoxy) is 1. The van der Waals surface area contributed by atoms with Crippen LogP contribution in [0.15, 0.2) is 23.1 Å². The van der Waals surface area contributed by atoms with E-state index < -0.39 is 16.0 Å². The second kappa shape index (κ2) is 10.5. The van der Waals surface area contributed by atoms with Gasteiger partial charge in [-0.15, -0.1) is 11.3 Å². The number of rotatable bonds is 8. The fourth-order valence-corrected chi connectivity index (χ4v) is 5.84. The third-order valence-electron chi connectivity index (χ3n) is 4.89. The molecule has 0 aliphatic rings. The number of sulfonamides is 1. The lowest BCUT2D eigenvalue weighted by atomic mass is 10.1. The van der Waals surface area contributed by atoms with E-state index in [4.69, 9.17) is 17.0 Å². The Bertz CT molecular complexity index is 1070. The summed E-state index contributed by atoms with van der Waals surface area (Å²) in [5.74, 6) is -0.404. The number of thiophene rings is 1. The van der Waals surface area contributed by atoms with Crippen molar-refractivity contribution in [3.8, 4) is 0 Å². The SMILES string of the molecule is CCOC(=O)c1c(NC(=S)Nc2cc(S(=O)(=O)N(CC)CC)ccc2C)sc(C)c1C.